The van der Waals surface area contributed by atoms with Crippen LogP contribution in [0.25, 0.3) is 26.4 Å². The standard InChI is InChI=1S/C24H18FN3OS/c1-15-3-2-4-16(11-15)13-26-23(29)18-7-10-21-22(12-18)30-24-27-20(14-28(21)24)17-5-8-19(25)9-6-17/h2-12,14H,13H2,1H3,(H,26,29). The van der Waals surface area contributed by atoms with E-state index in [2.05, 4.69) is 16.4 Å². The van der Waals surface area contributed by atoms with Gasteiger partial charge in [0.25, 0.3) is 5.91 Å². The molecular weight excluding hydrogens is 397 g/mol. The molecule has 0 saturated carbocycles. The van der Waals surface area contributed by atoms with E-state index in [1.54, 1.807) is 12.1 Å². The van der Waals surface area contributed by atoms with Crippen LogP contribution in [-0.2, 0) is 6.54 Å². The number of halogens is 1. The minimum absolute atomic E-state index is 0.101. The van der Waals surface area contributed by atoms with Crippen LogP contribution < -0.4 is 5.32 Å². The number of carbonyl (C=O) groups is 1. The Hall–Kier alpha value is -3.51. The first-order valence-corrected chi connectivity index (χ1v) is 10.4. The van der Waals surface area contributed by atoms with Gasteiger partial charge in [0, 0.05) is 23.9 Å². The molecule has 3 aromatic carbocycles. The SMILES string of the molecule is Cc1cccc(CNC(=O)c2ccc3c(c2)sc2nc(-c4ccc(F)cc4)cn23)c1. The van der Waals surface area contributed by atoms with Crippen LogP contribution in [0.4, 0.5) is 4.39 Å². The summed E-state index contributed by atoms with van der Waals surface area (Å²) in [5.74, 6) is -0.366. The summed E-state index contributed by atoms with van der Waals surface area (Å²) in [6, 6.07) is 20.1. The van der Waals surface area contributed by atoms with E-state index in [0.717, 1.165) is 32.0 Å². The van der Waals surface area contributed by atoms with Crippen molar-refractivity contribution in [2.75, 3.05) is 0 Å². The number of benzene rings is 3. The van der Waals surface area contributed by atoms with Crippen molar-refractivity contribution >= 4 is 32.4 Å². The van der Waals surface area contributed by atoms with Crippen molar-refractivity contribution in [1.82, 2.24) is 14.7 Å². The molecule has 0 aliphatic carbocycles. The topological polar surface area (TPSA) is 46.4 Å². The van der Waals surface area contributed by atoms with Gasteiger partial charge in [0.1, 0.15) is 5.82 Å². The van der Waals surface area contributed by atoms with Gasteiger partial charge in [-0.25, -0.2) is 9.37 Å². The van der Waals surface area contributed by atoms with E-state index < -0.39 is 0 Å². The van der Waals surface area contributed by atoms with E-state index in [4.69, 9.17) is 0 Å². The Labute approximate surface area is 176 Å². The lowest BCUT2D eigenvalue weighted by atomic mass is 10.1. The summed E-state index contributed by atoms with van der Waals surface area (Å²) in [6.45, 7) is 2.53. The predicted molar refractivity (Wildman–Crippen MR) is 118 cm³/mol. The number of imidazole rings is 1. The van der Waals surface area contributed by atoms with Crippen LogP contribution in [-0.4, -0.2) is 15.3 Å². The Bertz CT molecular complexity index is 1390. The Kier molecular flexibility index (Phi) is 4.56. The third kappa shape index (κ3) is 3.46. The van der Waals surface area contributed by atoms with Crippen LogP contribution in [0.1, 0.15) is 21.5 Å². The van der Waals surface area contributed by atoms with Gasteiger partial charge < -0.3 is 5.32 Å². The van der Waals surface area contributed by atoms with Crippen molar-refractivity contribution in [3.8, 4) is 11.3 Å². The van der Waals surface area contributed by atoms with Gasteiger partial charge in [-0.15, -0.1) is 0 Å². The average molecular weight is 415 g/mol. The summed E-state index contributed by atoms with van der Waals surface area (Å²) in [5.41, 5.74) is 5.53. The van der Waals surface area contributed by atoms with Crippen molar-refractivity contribution in [3.63, 3.8) is 0 Å². The average Bonchev–Trinajstić information content (AvgIpc) is 3.30. The van der Waals surface area contributed by atoms with Crippen LogP contribution >= 0.6 is 11.3 Å². The van der Waals surface area contributed by atoms with Gasteiger partial charge in [-0.05, 0) is 55.0 Å². The molecule has 0 aliphatic heterocycles. The summed E-state index contributed by atoms with van der Waals surface area (Å²) < 4.78 is 16.2. The van der Waals surface area contributed by atoms with Gasteiger partial charge in [-0.3, -0.25) is 9.20 Å². The molecule has 0 unspecified atom stereocenters. The molecule has 5 aromatic rings. The van der Waals surface area contributed by atoms with Crippen molar-refractivity contribution in [2.45, 2.75) is 13.5 Å². The summed E-state index contributed by atoms with van der Waals surface area (Å²) >= 11 is 1.53. The van der Waals surface area contributed by atoms with E-state index in [1.165, 1.54) is 29.0 Å². The monoisotopic (exact) mass is 415 g/mol. The van der Waals surface area contributed by atoms with Crippen molar-refractivity contribution in [2.24, 2.45) is 0 Å². The molecule has 2 heterocycles. The lowest BCUT2D eigenvalue weighted by molar-refractivity contribution is 0.0951. The lowest BCUT2D eigenvalue weighted by Gasteiger charge is -2.06. The predicted octanol–water partition coefficient (Wildman–Crippen LogP) is 5.59. The highest BCUT2D eigenvalue weighted by Crippen LogP contribution is 2.30. The molecular formula is C24H18FN3OS. The first-order valence-electron chi connectivity index (χ1n) is 9.58. The van der Waals surface area contributed by atoms with Gasteiger partial charge in [0.05, 0.1) is 15.9 Å². The summed E-state index contributed by atoms with van der Waals surface area (Å²) in [4.78, 5) is 18.1. The molecule has 1 N–H and O–H groups in total. The van der Waals surface area contributed by atoms with Gasteiger partial charge in [-0.2, -0.15) is 0 Å². The Morgan fingerprint density at radius 3 is 2.73 bits per heavy atom. The second-order valence-corrected chi connectivity index (χ2v) is 8.25. The molecule has 30 heavy (non-hydrogen) atoms. The van der Waals surface area contributed by atoms with Gasteiger partial charge >= 0.3 is 0 Å². The number of thiazole rings is 1. The normalized spacial score (nSPS) is 11.3. The van der Waals surface area contributed by atoms with E-state index in [-0.39, 0.29) is 11.7 Å². The van der Waals surface area contributed by atoms with E-state index >= 15 is 0 Å². The largest absolute Gasteiger partial charge is 0.348 e. The van der Waals surface area contributed by atoms with Crippen molar-refractivity contribution in [1.29, 1.82) is 0 Å². The van der Waals surface area contributed by atoms with Crippen LogP contribution in [0.15, 0.2) is 72.9 Å². The molecule has 148 valence electrons. The highest BCUT2D eigenvalue weighted by molar-refractivity contribution is 7.23. The van der Waals surface area contributed by atoms with Crippen LogP contribution in [0.3, 0.4) is 0 Å². The Morgan fingerprint density at radius 2 is 1.93 bits per heavy atom. The van der Waals surface area contributed by atoms with Crippen LogP contribution in [0.5, 0.6) is 0 Å². The summed E-state index contributed by atoms with van der Waals surface area (Å²) in [6.07, 6.45) is 1.94. The zero-order valence-corrected chi connectivity index (χ0v) is 17.0. The number of rotatable bonds is 4. The number of aryl methyl sites for hydroxylation is 1. The molecule has 6 heteroatoms. The maximum Gasteiger partial charge on any atom is 0.251 e. The fourth-order valence-electron chi connectivity index (χ4n) is 3.51. The highest BCUT2D eigenvalue weighted by Gasteiger charge is 2.13. The smallest absolute Gasteiger partial charge is 0.251 e. The molecule has 0 fully saturated rings. The number of aromatic nitrogens is 2. The number of nitrogens with one attached hydrogen (secondary N) is 1. The number of amides is 1. The second kappa shape index (κ2) is 7.39. The zero-order chi connectivity index (χ0) is 20.7. The first kappa shape index (κ1) is 18.5. The fraction of sp³-hybridized carbons (Fsp3) is 0.0833. The molecule has 1 amide bonds. The molecule has 4 nitrogen and oxygen atoms in total. The maximum absolute atomic E-state index is 13.2. The minimum Gasteiger partial charge on any atom is -0.348 e. The maximum atomic E-state index is 13.2. The number of fused-ring (bicyclic) bond motifs is 3. The quantitative estimate of drug-likeness (QED) is 0.416. The number of nitrogens with zero attached hydrogens (tertiary/aromatic N) is 2. The fourth-order valence-corrected chi connectivity index (χ4v) is 4.56. The highest BCUT2D eigenvalue weighted by atomic mass is 32.1. The molecule has 5 rings (SSSR count). The zero-order valence-electron chi connectivity index (χ0n) is 16.2. The van der Waals surface area contributed by atoms with Crippen molar-refractivity contribution < 1.29 is 9.18 Å². The second-order valence-electron chi connectivity index (χ2n) is 7.24. The Morgan fingerprint density at radius 1 is 1.10 bits per heavy atom. The molecule has 0 saturated heterocycles. The van der Waals surface area contributed by atoms with Gasteiger partial charge in [-0.1, -0.05) is 41.2 Å². The van der Waals surface area contributed by atoms with E-state index in [0.29, 0.717) is 12.1 Å². The minimum atomic E-state index is -0.265. The molecule has 0 atom stereocenters. The van der Waals surface area contributed by atoms with Crippen LogP contribution in [0, 0.1) is 12.7 Å². The molecule has 0 radical (unpaired) electrons. The lowest BCUT2D eigenvalue weighted by Crippen LogP contribution is -2.22. The number of hydrogen-bond donors (Lipinski definition) is 1. The molecule has 0 aliphatic rings. The van der Waals surface area contributed by atoms with E-state index in [1.807, 2.05) is 53.9 Å². The Balaban J connectivity index is 1.40. The summed E-state index contributed by atoms with van der Waals surface area (Å²) in [7, 11) is 0. The van der Waals surface area contributed by atoms with Crippen LogP contribution in [0.2, 0.25) is 0 Å². The molecule has 0 bridgehead atoms. The third-order valence-corrected chi connectivity index (χ3v) is 6.05. The first-order chi connectivity index (χ1) is 14.6. The number of hydrogen-bond acceptors (Lipinski definition) is 3. The third-order valence-electron chi connectivity index (χ3n) is 5.03. The summed E-state index contributed by atoms with van der Waals surface area (Å²) in [5, 5.41) is 2.98. The molecule has 0 spiro atoms. The van der Waals surface area contributed by atoms with E-state index in [9.17, 15) is 9.18 Å². The van der Waals surface area contributed by atoms with Gasteiger partial charge in [0.15, 0.2) is 4.96 Å². The number of carbonyl (C=O) groups excluding carboxylic acids is 1. The van der Waals surface area contributed by atoms with Gasteiger partial charge in [0.2, 0.25) is 0 Å². The molecule has 2 aromatic heterocycles. The van der Waals surface area contributed by atoms with Crippen molar-refractivity contribution in [3.05, 3.63) is 95.4 Å².